The van der Waals surface area contributed by atoms with Crippen LogP contribution < -0.4 is 10.6 Å². The fourth-order valence-electron chi connectivity index (χ4n) is 4.50. The van der Waals surface area contributed by atoms with E-state index in [1.54, 1.807) is 32.1 Å². The van der Waals surface area contributed by atoms with Crippen molar-refractivity contribution in [2.45, 2.75) is 59.6 Å². The molecule has 1 unspecified atom stereocenters. The summed E-state index contributed by atoms with van der Waals surface area (Å²) in [6.45, 7) is 13.6. The molecule has 43 heavy (non-hydrogen) atoms. The van der Waals surface area contributed by atoms with Gasteiger partial charge in [0.1, 0.15) is 22.5 Å². The zero-order valence-corrected chi connectivity index (χ0v) is 27.0. The van der Waals surface area contributed by atoms with Crippen molar-refractivity contribution >= 4 is 40.6 Å². The van der Waals surface area contributed by atoms with Crippen LogP contribution in [0.4, 0.5) is 4.79 Å². The SMILES string of the molecule is Cc1sc2c(c1C)C(c1ccc(Cl)cc1)=NC(CC(=O)NCCOCCOCCNC(=O)OC(C)(C)C)c1nnc(C)n1-2. The Morgan fingerprint density at radius 3 is 2.28 bits per heavy atom. The second-order valence-electron chi connectivity index (χ2n) is 11.1. The second-order valence-corrected chi connectivity index (χ2v) is 12.8. The van der Waals surface area contributed by atoms with Crippen molar-refractivity contribution in [2.24, 2.45) is 4.99 Å². The fraction of sp³-hybridized carbons (Fsp3) is 0.500. The van der Waals surface area contributed by atoms with Gasteiger partial charge in [-0.2, -0.15) is 0 Å². The first-order valence-electron chi connectivity index (χ1n) is 14.2. The number of alkyl carbamates (subject to hydrolysis) is 1. The number of fused-ring (bicyclic) bond motifs is 3. The number of nitrogens with zero attached hydrogens (tertiary/aromatic N) is 4. The summed E-state index contributed by atoms with van der Waals surface area (Å²) in [4.78, 5) is 31.0. The molecule has 0 fully saturated rings. The molecule has 0 bridgehead atoms. The van der Waals surface area contributed by atoms with Crippen molar-refractivity contribution in [2.75, 3.05) is 39.5 Å². The number of ether oxygens (including phenoxy) is 3. The first-order valence-corrected chi connectivity index (χ1v) is 15.4. The molecule has 3 heterocycles. The van der Waals surface area contributed by atoms with Crippen molar-refractivity contribution < 1.29 is 23.8 Å². The number of hydrogen-bond acceptors (Lipinski definition) is 9. The average molecular weight is 631 g/mol. The number of aromatic nitrogens is 3. The number of nitrogens with one attached hydrogen (secondary N) is 2. The minimum absolute atomic E-state index is 0.107. The van der Waals surface area contributed by atoms with Gasteiger partial charge in [-0.1, -0.05) is 23.7 Å². The summed E-state index contributed by atoms with van der Waals surface area (Å²) < 4.78 is 18.2. The Morgan fingerprint density at radius 1 is 0.977 bits per heavy atom. The molecule has 2 amide bonds. The summed E-state index contributed by atoms with van der Waals surface area (Å²) in [5.74, 6) is 1.21. The minimum Gasteiger partial charge on any atom is -0.444 e. The highest BCUT2D eigenvalue weighted by Gasteiger charge is 2.32. The third kappa shape index (κ3) is 8.62. The quantitative estimate of drug-likeness (QED) is 0.273. The van der Waals surface area contributed by atoms with Gasteiger partial charge >= 0.3 is 6.09 Å². The highest BCUT2D eigenvalue weighted by atomic mass is 35.5. The predicted molar refractivity (Wildman–Crippen MR) is 167 cm³/mol. The van der Waals surface area contributed by atoms with Gasteiger partial charge in [-0.25, -0.2) is 4.79 Å². The second kappa shape index (κ2) is 14.4. The van der Waals surface area contributed by atoms with Crippen LogP contribution in [0.2, 0.25) is 5.02 Å². The zero-order chi connectivity index (χ0) is 31.1. The van der Waals surface area contributed by atoms with E-state index < -0.39 is 17.7 Å². The van der Waals surface area contributed by atoms with E-state index in [0.717, 1.165) is 33.2 Å². The topological polar surface area (TPSA) is 129 Å². The van der Waals surface area contributed by atoms with Crippen LogP contribution in [0.5, 0.6) is 0 Å². The molecule has 1 aliphatic heterocycles. The van der Waals surface area contributed by atoms with Gasteiger partial charge in [0.15, 0.2) is 5.82 Å². The Balaban J connectivity index is 1.30. The van der Waals surface area contributed by atoms with E-state index in [9.17, 15) is 9.59 Å². The Labute approximate surface area is 261 Å². The summed E-state index contributed by atoms with van der Waals surface area (Å²) in [5, 5.41) is 16.0. The van der Waals surface area contributed by atoms with Crippen molar-refractivity contribution in [3.8, 4) is 5.00 Å². The lowest BCUT2D eigenvalue weighted by Crippen LogP contribution is -2.34. The fourth-order valence-corrected chi connectivity index (χ4v) is 5.84. The molecule has 0 radical (unpaired) electrons. The molecule has 3 aromatic rings. The zero-order valence-electron chi connectivity index (χ0n) is 25.5. The van der Waals surface area contributed by atoms with Crippen molar-refractivity contribution in [3.63, 3.8) is 0 Å². The van der Waals surface area contributed by atoms with E-state index in [1.807, 2.05) is 35.8 Å². The number of rotatable bonds is 12. The number of amides is 2. The molecule has 2 N–H and O–H groups in total. The first-order chi connectivity index (χ1) is 20.4. The van der Waals surface area contributed by atoms with Gasteiger partial charge in [0.25, 0.3) is 0 Å². The van der Waals surface area contributed by atoms with Gasteiger partial charge in [-0.05, 0) is 59.2 Å². The summed E-state index contributed by atoms with van der Waals surface area (Å²) in [6.07, 6.45) is -0.369. The lowest BCUT2D eigenvalue weighted by Gasteiger charge is -2.19. The summed E-state index contributed by atoms with van der Waals surface area (Å²) in [5.41, 5.74) is 3.35. The van der Waals surface area contributed by atoms with Crippen LogP contribution in [-0.4, -0.2) is 77.6 Å². The number of aliphatic imine (C=N–C) groups is 1. The van der Waals surface area contributed by atoms with E-state index in [2.05, 4.69) is 34.7 Å². The van der Waals surface area contributed by atoms with Crippen LogP contribution in [0, 0.1) is 20.8 Å². The molecule has 0 saturated carbocycles. The van der Waals surface area contributed by atoms with Gasteiger partial charge < -0.3 is 24.8 Å². The lowest BCUT2D eigenvalue weighted by atomic mass is 9.99. The van der Waals surface area contributed by atoms with Crippen LogP contribution >= 0.6 is 22.9 Å². The number of carbonyl (C=O) groups excluding carboxylic acids is 2. The van der Waals surface area contributed by atoms with Crippen molar-refractivity contribution in [3.05, 3.63) is 62.5 Å². The molecule has 0 aliphatic carbocycles. The maximum atomic E-state index is 13.0. The van der Waals surface area contributed by atoms with Crippen LogP contribution in [-0.2, 0) is 19.0 Å². The number of hydrogen-bond donors (Lipinski definition) is 2. The van der Waals surface area contributed by atoms with Crippen LogP contribution in [0.25, 0.3) is 5.00 Å². The molecule has 0 saturated heterocycles. The molecule has 1 aliphatic rings. The summed E-state index contributed by atoms with van der Waals surface area (Å²) in [6, 6.07) is 7.06. The summed E-state index contributed by atoms with van der Waals surface area (Å²) >= 11 is 7.85. The lowest BCUT2D eigenvalue weighted by molar-refractivity contribution is -0.121. The Morgan fingerprint density at radius 2 is 1.63 bits per heavy atom. The third-order valence-corrected chi connectivity index (χ3v) is 8.04. The van der Waals surface area contributed by atoms with Crippen LogP contribution in [0.1, 0.15) is 66.5 Å². The molecular formula is C30H39ClN6O5S. The molecular weight excluding hydrogens is 592 g/mol. The van der Waals surface area contributed by atoms with Crippen molar-refractivity contribution in [1.29, 1.82) is 0 Å². The largest absolute Gasteiger partial charge is 0.444 e. The molecule has 4 rings (SSSR count). The highest BCUT2D eigenvalue weighted by molar-refractivity contribution is 7.15. The molecule has 11 nitrogen and oxygen atoms in total. The van der Waals surface area contributed by atoms with E-state index in [4.69, 9.17) is 30.8 Å². The summed E-state index contributed by atoms with van der Waals surface area (Å²) in [7, 11) is 0. The third-order valence-electron chi connectivity index (χ3n) is 6.59. The normalized spacial score (nSPS) is 14.4. The Bertz CT molecular complexity index is 1460. The maximum absolute atomic E-state index is 13.0. The standard InChI is InChI=1S/C30H39ClN6O5S/c1-18-19(2)43-28-25(18)26(21-7-9-22(31)10-8-21)34-23(27-36-35-20(3)37(27)28)17-24(38)32-11-13-40-15-16-41-14-12-33-29(39)42-30(4,5)6/h7-10,23H,11-17H2,1-6H3,(H,32,38)(H,33,39). The predicted octanol–water partition coefficient (Wildman–Crippen LogP) is 4.86. The van der Waals surface area contributed by atoms with E-state index in [0.29, 0.717) is 50.4 Å². The number of aryl methyl sites for hydroxylation is 2. The maximum Gasteiger partial charge on any atom is 0.407 e. The number of carbonyl (C=O) groups is 2. The van der Waals surface area contributed by atoms with Crippen molar-refractivity contribution in [1.82, 2.24) is 25.4 Å². The minimum atomic E-state index is -0.539. The number of thiophene rings is 1. The average Bonchev–Trinajstić information content (AvgIpc) is 3.41. The first kappa shape index (κ1) is 32.6. The van der Waals surface area contributed by atoms with Crippen LogP contribution in [0.3, 0.4) is 0 Å². The molecule has 1 atom stereocenters. The monoisotopic (exact) mass is 630 g/mol. The van der Waals surface area contributed by atoms with Gasteiger partial charge in [-0.3, -0.25) is 14.4 Å². The van der Waals surface area contributed by atoms with Gasteiger partial charge in [-0.15, -0.1) is 21.5 Å². The van der Waals surface area contributed by atoms with E-state index >= 15 is 0 Å². The molecule has 0 spiro atoms. The van der Waals surface area contributed by atoms with E-state index in [-0.39, 0.29) is 12.3 Å². The van der Waals surface area contributed by atoms with Gasteiger partial charge in [0.2, 0.25) is 5.91 Å². The van der Waals surface area contributed by atoms with Gasteiger partial charge in [0, 0.05) is 34.1 Å². The molecule has 13 heteroatoms. The molecule has 2 aromatic heterocycles. The highest BCUT2D eigenvalue weighted by Crippen LogP contribution is 2.39. The number of benzene rings is 1. The molecule has 1 aromatic carbocycles. The van der Waals surface area contributed by atoms with Gasteiger partial charge in [0.05, 0.1) is 38.6 Å². The molecule has 232 valence electrons. The Hall–Kier alpha value is -3.32. The van der Waals surface area contributed by atoms with E-state index in [1.165, 1.54) is 4.88 Å². The smallest absolute Gasteiger partial charge is 0.407 e. The van der Waals surface area contributed by atoms with Crippen LogP contribution in [0.15, 0.2) is 29.3 Å². The Kier molecular flexibility index (Phi) is 10.9. The number of halogens is 1.